The molecule has 52 heavy (non-hydrogen) atoms. The van der Waals surface area contributed by atoms with Gasteiger partial charge in [0, 0.05) is 44.2 Å². The molecule has 0 aliphatic carbocycles. The molecule has 8 aromatic carbocycles. The van der Waals surface area contributed by atoms with E-state index < -0.39 is 0 Å². The van der Waals surface area contributed by atoms with Crippen LogP contribution in [0.25, 0.3) is 88.1 Å². The van der Waals surface area contributed by atoms with Crippen molar-refractivity contribution in [1.82, 2.24) is 0 Å². The highest BCUT2D eigenvalue weighted by Gasteiger charge is 2.27. The van der Waals surface area contributed by atoms with Crippen LogP contribution >= 0.6 is 0 Å². The van der Waals surface area contributed by atoms with Crippen molar-refractivity contribution >= 4 is 82.9 Å². The second kappa shape index (κ2) is 11.2. The Hall–Kier alpha value is -7.04. The number of furan rings is 3. The SMILES string of the molecule is c1ccc(-c2ccc(N(c3ccccc3-c3ccccc3)c3cc4oc5ccc6c7ccccc7oc6c5c4c4c3oc3ccccc34)cc2)cc1. The zero-order valence-corrected chi connectivity index (χ0v) is 27.9. The Morgan fingerprint density at radius 3 is 1.73 bits per heavy atom. The van der Waals surface area contributed by atoms with Crippen LogP contribution in [-0.2, 0) is 0 Å². The summed E-state index contributed by atoms with van der Waals surface area (Å²) in [7, 11) is 0. The molecule has 11 rings (SSSR count). The molecule has 3 heterocycles. The summed E-state index contributed by atoms with van der Waals surface area (Å²) in [6.45, 7) is 0. The maximum Gasteiger partial charge on any atom is 0.160 e. The Morgan fingerprint density at radius 2 is 0.942 bits per heavy atom. The molecule has 11 aromatic rings. The van der Waals surface area contributed by atoms with Crippen molar-refractivity contribution in [3.63, 3.8) is 0 Å². The second-order valence-corrected chi connectivity index (χ2v) is 13.2. The van der Waals surface area contributed by atoms with E-state index in [1.165, 1.54) is 5.56 Å². The van der Waals surface area contributed by atoms with Gasteiger partial charge in [0.15, 0.2) is 5.58 Å². The molecule has 0 unspecified atom stereocenters. The lowest BCUT2D eigenvalue weighted by Crippen LogP contribution is -2.11. The van der Waals surface area contributed by atoms with Crippen LogP contribution in [0.1, 0.15) is 0 Å². The van der Waals surface area contributed by atoms with E-state index in [1.807, 2.05) is 30.3 Å². The Balaban J connectivity index is 1.25. The van der Waals surface area contributed by atoms with Gasteiger partial charge in [0.25, 0.3) is 0 Å². The summed E-state index contributed by atoms with van der Waals surface area (Å²) in [4.78, 5) is 2.31. The van der Waals surface area contributed by atoms with Crippen LogP contribution in [0.4, 0.5) is 17.1 Å². The van der Waals surface area contributed by atoms with Crippen molar-refractivity contribution in [2.24, 2.45) is 0 Å². The van der Waals surface area contributed by atoms with Gasteiger partial charge in [-0.3, -0.25) is 0 Å². The summed E-state index contributed by atoms with van der Waals surface area (Å²) in [5, 5.41) is 6.11. The van der Waals surface area contributed by atoms with E-state index in [0.29, 0.717) is 0 Å². The van der Waals surface area contributed by atoms with Crippen molar-refractivity contribution in [3.8, 4) is 22.3 Å². The number of nitrogens with zero attached hydrogens (tertiary/aromatic N) is 1. The van der Waals surface area contributed by atoms with Crippen molar-refractivity contribution in [3.05, 3.63) is 176 Å². The lowest BCUT2D eigenvalue weighted by Gasteiger charge is -2.28. The summed E-state index contributed by atoms with van der Waals surface area (Å²) < 4.78 is 20.3. The van der Waals surface area contributed by atoms with Gasteiger partial charge in [0.05, 0.1) is 16.8 Å². The van der Waals surface area contributed by atoms with Gasteiger partial charge in [-0.15, -0.1) is 0 Å². The van der Waals surface area contributed by atoms with E-state index in [9.17, 15) is 0 Å². The van der Waals surface area contributed by atoms with Crippen LogP contribution in [0.3, 0.4) is 0 Å². The van der Waals surface area contributed by atoms with Crippen molar-refractivity contribution in [2.45, 2.75) is 0 Å². The summed E-state index contributed by atoms with van der Waals surface area (Å²) in [6.07, 6.45) is 0. The van der Waals surface area contributed by atoms with E-state index in [1.54, 1.807) is 0 Å². The zero-order chi connectivity index (χ0) is 34.2. The molecular formula is C48H29NO3. The first-order valence-corrected chi connectivity index (χ1v) is 17.5. The molecule has 0 radical (unpaired) electrons. The minimum Gasteiger partial charge on any atom is -0.456 e. The van der Waals surface area contributed by atoms with E-state index in [4.69, 9.17) is 13.3 Å². The Morgan fingerprint density at radius 1 is 0.327 bits per heavy atom. The highest BCUT2D eigenvalue weighted by atomic mass is 16.3. The Kier molecular flexibility index (Phi) is 6.22. The fourth-order valence-corrected chi connectivity index (χ4v) is 7.94. The smallest absolute Gasteiger partial charge is 0.160 e. The number of hydrogen-bond acceptors (Lipinski definition) is 4. The van der Waals surface area contributed by atoms with E-state index in [0.717, 1.165) is 99.6 Å². The molecule has 0 saturated carbocycles. The average Bonchev–Trinajstić information content (AvgIpc) is 3.90. The molecule has 4 heteroatoms. The predicted molar refractivity (Wildman–Crippen MR) is 214 cm³/mol. The topological polar surface area (TPSA) is 42.7 Å². The number of fused-ring (bicyclic) bond motifs is 11. The number of hydrogen-bond donors (Lipinski definition) is 0. The molecule has 0 fully saturated rings. The van der Waals surface area contributed by atoms with Gasteiger partial charge in [0.1, 0.15) is 27.9 Å². The van der Waals surface area contributed by atoms with Crippen molar-refractivity contribution in [2.75, 3.05) is 4.90 Å². The monoisotopic (exact) mass is 667 g/mol. The molecule has 244 valence electrons. The summed E-state index contributed by atoms with van der Waals surface area (Å²) in [5.74, 6) is 0. The third-order valence-corrected chi connectivity index (χ3v) is 10.3. The summed E-state index contributed by atoms with van der Waals surface area (Å²) >= 11 is 0. The molecule has 0 saturated heterocycles. The number of benzene rings is 8. The summed E-state index contributed by atoms with van der Waals surface area (Å²) in [6, 6.07) is 61.1. The molecule has 0 aliphatic heterocycles. The van der Waals surface area contributed by atoms with Crippen LogP contribution in [-0.4, -0.2) is 0 Å². The molecule has 0 bridgehead atoms. The van der Waals surface area contributed by atoms with Gasteiger partial charge in [-0.25, -0.2) is 0 Å². The molecule has 0 N–H and O–H groups in total. The first-order valence-electron chi connectivity index (χ1n) is 17.5. The highest BCUT2D eigenvalue weighted by Crippen LogP contribution is 2.51. The van der Waals surface area contributed by atoms with Crippen LogP contribution in [0, 0.1) is 0 Å². The third kappa shape index (κ3) is 4.28. The van der Waals surface area contributed by atoms with Crippen molar-refractivity contribution in [1.29, 1.82) is 0 Å². The molecule has 0 spiro atoms. The Bertz CT molecular complexity index is 3110. The van der Waals surface area contributed by atoms with Crippen LogP contribution in [0.2, 0.25) is 0 Å². The van der Waals surface area contributed by atoms with Crippen molar-refractivity contribution < 1.29 is 13.3 Å². The minimum atomic E-state index is 0.764. The maximum absolute atomic E-state index is 6.93. The van der Waals surface area contributed by atoms with Gasteiger partial charge in [0.2, 0.25) is 0 Å². The highest BCUT2D eigenvalue weighted by molar-refractivity contribution is 6.33. The number of anilines is 3. The molecule has 3 aromatic heterocycles. The lowest BCUT2D eigenvalue weighted by molar-refractivity contribution is 0.660. The molecule has 4 nitrogen and oxygen atoms in total. The van der Waals surface area contributed by atoms with Gasteiger partial charge in [-0.1, -0.05) is 127 Å². The summed E-state index contributed by atoms with van der Waals surface area (Å²) in [5.41, 5.74) is 12.3. The fourth-order valence-electron chi connectivity index (χ4n) is 7.94. The zero-order valence-electron chi connectivity index (χ0n) is 27.9. The van der Waals surface area contributed by atoms with Gasteiger partial charge in [-0.05, 0) is 59.2 Å². The maximum atomic E-state index is 6.93. The molecular weight excluding hydrogens is 639 g/mol. The first-order chi connectivity index (χ1) is 25.8. The van der Waals surface area contributed by atoms with Crippen LogP contribution in [0.5, 0.6) is 0 Å². The standard InChI is InChI=1S/C48H29NO3/c1-3-13-30(14-4-1)31-23-25-33(26-24-31)49(38-20-10-7-17-34(38)32-15-5-2-6-16-32)39-29-43-45(44-37-19-9-12-22-41(37)52-48(39)44)46-42(50-43)28-27-36-35-18-8-11-21-40(35)51-47(36)46/h1-29H. The van der Waals surface area contributed by atoms with E-state index in [-0.39, 0.29) is 0 Å². The van der Waals surface area contributed by atoms with Crippen LogP contribution < -0.4 is 4.90 Å². The molecule has 0 atom stereocenters. The number of rotatable bonds is 5. The fraction of sp³-hybridized carbons (Fsp3) is 0. The van der Waals surface area contributed by atoms with E-state index >= 15 is 0 Å². The predicted octanol–water partition coefficient (Wildman–Crippen LogP) is 14.2. The van der Waals surface area contributed by atoms with Gasteiger partial charge < -0.3 is 18.2 Å². The Labute approximate surface area is 298 Å². The quantitative estimate of drug-likeness (QED) is 0.183. The number of para-hydroxylation sites is 3. The largest absolute Gasteiger partial charge is 0.456 e. The third-order valence-electron chi connectivity index (χ3n) is 10.3. The average molecular weight is 668 g/mol. The van der Waals surface area contributed by atoms with E-state index in [2.05, 4.69) is 150 Å². The molecule has 0 amide bonds. The lowest BCUT2D eigenvalue weighted by atomic mass is 9.99. The molecule has 0 aliphatic rings. The first kappa shape index (κ1) is 28.8. The van der Waals surface area contributed by atoms with Gasteiger partial charge >= 0.3 is 0 Å². The second-order valence-electron chi connectivity index (χ2n) is 13.2. The normalized spacial score (nSPS) is 11.8. The van der Waals surface area contributed by atoms with Gasteiger partial charge in [-0.2, -0.15) is 0 Å². The van der Waals surface area contributed by atoms with Crippen LogP contribution in [0.15, 0.2) is 189 Å². The minimum absolute atomic E-state index is 0.764.